The normalized spacial score (nSPS) is 15.9. The van der Waals surface area contributed by atoms with Crippen LogP contribution in [0.4, 0.5) is 0 Å². The number of benzene rings is 2. The van der Waals surface area contributed by atoms with Crippen LogP contribution < -0.4 is 22.1 Å². The first-order chi connectivity index (χ1) is 22.0. The number of amidine groups is 1. The highest BCUT2D eigenvalue weighted by Gasteiger charge is 2.40. The van der Waals surface area contributed by atoms with Gasteiger partial charge in [0.15, 0.2) is 0 Å². The summed E-state index contributed by atoms with van der Waals surface area (Å²) in [5, 5.41) is 14.7. The zero-order valence-corrected chi connectivity index (χ0v) is 25.4. The number of rotatable bonds is 12. The van der Waals surface area contributed by atoms with Crippen molar-refractivity contribution in [2.45, 2.75) is 50.7 Å². The van der Waals surface area contributed by atoms with Gasteiger partial charge >= 0.3 is 5.97 Å². The van der Waals surface area contributed by atoms with Crippen molar-refractivity contribution in [2.75, 3.05) is 13.1 Å². The highest BCUT2D eigenvalue weighted by atomic mass is 16.4. The number of amides is 4. The Morgan fingerprint density at radius 3 is 2.22 bits per heavy atom. The number of aliphatic carboxylic acids is 1. The number of carbonyl (C=O) groups excluding carboxylic acids is 4. The minimum absolute atomic E-state index is 0.00457. The molecule has 240 valence electrons. The summed E-state index contributed by atoms with van der Waals surface area (Å²) in [6.07, 6.45) is 1.23. The summed E-state index contributed by atoms with van der Waals surface area (Å²) in [6, 6.07) is 17.8. The number of hydrogen-bond acceptors (Lipinski definition) is 9. The second kappa shape index (κ2) is 15.6. The van der Waals surface area contributed by atoms with Gasteiger partial charge in [0.1, 0.15) is 29.8 Å². The molecule has 1 aliphatic rings. The zero-order chi connectivity index (χ0) is 33.2. The summed E-state index contributed by atoms with van der Waals surface area (Å²) in [5.74, 6) is -4.84. The van der Waals surface area contributed by atoms with Crippen LogP contribution in [0.1, 0.15) is 45.7 Å². The first-order valence-corrected chi connectivity index (χ1v) is 14.8. The van der Waals surface area contributed by atoms with E-state index in [1.807, 2.05) is 30.3 Å². The van der Waals surface area contributed by atoms with Gasteiger partial charge in [-0.1, -0.05) is 66.7 Å². The van der Waals surface area contributed by atoms with Crippen LogP contribution in [-0.4, -0.2) is 81.6 Å². The van der Waals surface area contributed by atoms with Crippen LogP contribution in [0.25, 0.3) is 0 Å². The van der Waals surface area contributed by atoms with Gasteiger partial charge in [-0.3, -0.25) is 29.0 Å². The Hall–Kier alpha value is -5.27. The maximum atomic E-state index is 14.3. The molecule has 1 aromatic heterocycles. The Labute approximate surface area is 266 Å². The number of nitrogens with two attached hydrogens (primary N) is 2. The van der Waals surface area contributed by atoms with E-state index in [2.05, 4.69) is 20.6 Å². The number of carboxylic acids is 1. The summed E-state index contributed by atoms with van der Waals surface area (Å²) in [6.45, 7) is 1.48. The van der Waals surface area contributed by atoms with E-state index in [9.17, 15) is 24.0 Å². The van der Waals surface area contributed by atoms with Crippen molar-refractivity contribution in [1.29, 1.82) is 0 Å². The van der Waals surface area contributed by atoms with Crippen LogP contribution in [0.15, 0.2) is 77.8 Å². The smallest absolute Gasteiger partial charge is 0.325 e. The maximum Gasteiger partial charge on any atom is 0.325 e. The highest BCUT2D eigenvalue weighted by molar-refractivity contribution is 6.19. The molecule has 3 aromatic rings. The number of aliphatic imine (C=N–C) groups is 1. The molecule has 3 atom stereocenters. The summed E-state index contributed by atoms with van der Waals surface area (Å²) < 4.78 is 0. The standard InChI is InChI=1S/C33H37N7O6/c1-20-14-15-24(29(35)37-19-27(41)42)38-28(20)33(46)40(31(44)25-13-8-16-36-25)32(45)26(18-22-11-6-3-7-12-22)39-30(43)23(34)17-21-9-4-2-5-10-21/h2-7,9-12,14-15,23,25-26,36H,8,13,16-19,34H2,1H3,(H2,35,37)(H,39,43)(H,41,42)/t23-,25-,26-/m0/s1. The van der Waals surface area contributed by atoms with Crippen LogP contribution in [-0.2, 0) is 32.0 Å². The number of nitrogens with one attached hydrogen (secondary N) is 2. The minimum atomic E-state index is -1.34. The van der Waals surface area contributed by atoms with Crippen LogP contribution in [0, 0.1) is 6.92 Å². The number of nitrogens with zero attached hydrogens (tertiary/aromatic N) is 3. The molecule has 1 saturated heterocycles. The Morgan fingerprint density at radius 1 is 1.00 bits per heavy atom. The SMILES string of the molecule is Cc1ccc(C(N)=NCC(=O)O)nc1C(=O)N(C(=O)[C@@H]1CCCN1)C(=O)[C@H](Cc1ccccc1)NC(=O)[C@@H](N)Cc1ccccc1. The first-order valence-electron chi connectivity index (χ1n) is 14.8. The molecule has 0 radical (unpaired) electrons. The molecule has 0 bridgehead atoms. The molecule has 4 rings (SSSR count). The number of pyridine rings is 1. The Bertz CT molecular complexity index is 1610. The van der Waals surface area contributed by atoms with E-state index < -0.39 is 54.3 Å². The third-order valence-corrected chi connectivity index (χ3v) is 7.48. The van der Waals surface area contributed by atoms with Crippen molar-refractivity contribution in [1.82, 2.24) is 20.5 Å². The van der Waals surface area contributed by atoms with Crippen LogP contribution in [0.5, 0.6) is 0 Å². The molecule has 4 amide bonds. The Morgan fingerprint density at radius 2 is 1.63 bits per heavy atom. The molecular weight excluding hydrogens is 590 g/mol. The molecule has 0 saturated carbocycles. The molecule has 13 nitrogen and oxygen atoms in total. The lowest BCUT2D eigenvalue weighted by molar-refractivity contribution is -0.145. The first kappa shape index (κ1) is 33.6. The van der Waals surface area contributed by atoms with E-state index in [1.54, 1.807) is 37.3 Å². The zero-order valence-electron chi connectivity index (χ0n) is 25.4. The second-order valence-corrected chi connectivity index (χ2v) is 11.0. The fourth-order valence-corrected chi connectivity index (χ4v) is 5.03. The molecule has 46 heavy (non-hydrogen) atoms. The molecule has 7 N–H and O–H groups in total. The van der Waals surface area contributed by atoms with E-state index in [0.29, 0.717) is 35.4 Å². The van der Waals surface area contributed by atoms with Gasteiger partial charge < -0.3 is 27.2 Å². The quantitative estimate of drug-likeness (QED) is 0.108. The van der Waals surface area contributed by atoms with E-state index in [4.69, 9.17) is 16.6 Å². The van der Waals surface area contributed by atoms with Crippen LogP contribution >= 0.6 is 0 Å². The summed E-state index contributed by atoms with van der Waals surface area (Å²) in [7, 11) is 0. The van der Waals surface area contributed by atoms with E-state index >= 15 is 0 Å². The largest absolute Gasteiger partial charge is 0.480 e. The average molecular weight is 628 g/mol. The topological polar surface area (TPSA) is 210 Å². The minimum Gasteiger partial charge on any atom is -0.480 e. The van der Waals surface area contributed by atoms with Gasteiger partial charge in [0.05, 0.1) is 12.1 Å². The molecule has 2 aromatic carbocycles. The van der Waals surface area contributed by atoms with Crippen LogP contribution in [0.3, 0.4) is 0 Å². The van der Waals surface area contributed by atoms with E-state index in [-0.39, 0.29) is 30.1 Å². The number of carbonyl (C=O) groups is 5. The molecule has 0 unspecified atom stereocenters. The lowest BCUT2D eigenvalue weighted by Crippen LogP contribution is -2.58. The number of aromatic nitrogens is 1. The molecule has 1 fully saturated rings. The lowest BCUT2D eigenvalue weighted by atomic mass is 10.0. The number of hydrogen-bond donors (Lipinski definition) is 5. The maximum absolute atomic E-state index is 14.3. The van der Waals surface area contributed by atoms with Gasteiger partial charge in [-0.2, -0.15) is 0 Å². The fourth-order valence-electron chi connectivity index (χ4n) is 5.03. The van der Waals surface area contributed by atoms with Gasteiger partial charge in [-0.05, 0) is 55.5 Å². The number of carboxylic acid groups (broad SMARTS) is 1. The monoisotopic (exact) mass is 627 g/mol. The van der Waals surface area contributed by atoms with Crippen molar-refractivity contribution in [3.63, 3.8) is 0 Å². The van der Waals surface area contributed by atoms with Crippen molar-refractivity contribution in [3.8, 4) is 0 Å². The lowest BCUT2D eigenvalue weighted by Gasteiger charge is -2.28. The molecule has 0 aliphatic carbocycles. The molecule has 1 aliphatic heterocycles. The third kappa shape index (κ3) is 8.67. The van der Waals surface area contributed by atoms with Gasteiger partial charge in [-0.15, -0.1) is 0 Å². The highest BCUT2D eigenvalue weighted by Crippen LogP contribution is 2.18. The summed E-state index contributed by atoms with van der Waals surface area (Å²) in [5.41, 5.74) is 13.7. The summed E-state index contributed by atoms with van der Waals surface area (Å²) in [4.78, 5) is 75.2. The third-order valence-electron chi connectivity index (χ3n) is 7.48. The predicted octanol–water partition coefficient (Wildman–Crippen LogP) is 0.725. The van der Waals surface area contributed by atoms with Crippen LogP contribution in [0.2, 0.25) is 0 Å². The number of imide groups is 3. The molecule has 13 heteroatoms. The Balaban J connectivity index is 1.70. The van der Waals surface area contributed by atoms with Gasteiger partial charge in [0.2, 0.25) is 5.91 Å². The van der Waals surface area contributed by atoms with Crippen molar-refractivity contribution >= 4 is 35.4 Å². The fraction of sp³-hybridized carbons (Fsp3) is 0.303. The summed E-state index contributed by atoms with van der Waals surface area (Å²) >= 11 is 0. The van der Waals surface area contributed by atoms with Crippen molar-refractivity contribution < 1.29 is 29.1 Å². The van der Waals surface area contributed by atoms with E-state index in [0.717, 1.165) is 5.56 Å². The molecular formula is C33H37N7O6. The predicted molar refractivity (Wildman–Crippen MR) is 170 cm³/mol. The van der Waals surface area contributed by atoms with Gasteiger partial charge in [0.25, 0.3) is 17.7 Å². The van der Waals surface area contributed by atoms with Gasteiger partial charge in [-0.25, -0.2) is 9.88 Å². The van der Waals surface area contributed by atoms with Crippen molar-refractivity contribution in [2.24, 2.45) is 16.5 Å². The Kier molecular flexibility index (Phi) is 11.4. The molecule has 0 spiro atoms. The second-order valence-electron chi connectivity index (χ2n) is 11.0. The number of aryl methyl sites for hydroxylation is 1. The van der Waals surface area contributed by atoms with Crippen molar-refractivity contribution in [3.05, 3.63) is 101 Å². The molecule has 2 heterocycles. The van der Waals surface area contributed by atoms with E-state index in [1.165, 1.54) is 12.1 Å². The van der Waals surface area contributed by atoms with Gasteiger partial charge in [0, 0.05) is 6.42 Å². The average Bonchev–Trinajstić information content (AvgIpc) is 3.60.